The Kier molecular flexibility index (Phi) is 5.34. The first-order chi connectivity index (χ1) is 9.20. The standard InChI is InChI=1S/C16H25FN2/c1-2-6-15-9-3-4-10-19(15)12-16(18)13-7-5-8-14(17)11-13/h5,7-8,11,15-16H,2-4,6,9-10,12,18H2,1H3. The van der Waals surface area contributed by atoms with Gasteiger partial charge in [0.15, 0.2) is 0 Å². The average molecular weight is 264 g/mol. The number of rotatable bonds is 5. The fourth-order valence-electron chi connectivity index (χ4n) is 3.06. The summed E-state index contributed by atoms with van der Waals surface area (Å²) >= 11 is 0. The topological polar surface area (TPSA) is 29.3 Å². The number of nitrogens with two attached hydrogens (primary N) is 1. The lowest BCUT2D eigenvalue weighted by atomic mass is 9.96. The first kappa shape index (κ1) is 14.5. The summed E-state index contributed by atoms with van der Waals surface area (Å²) in [4.78, 5) is 2.50. The van der Waals surface area contributed by atoms with Gasteiger partial charge in [0.2, 0.25) is 0 Å². The van der Waals surface area contributed by atoms with E-state index in [1.807, 2.05) is 6.07 Å². The molecule has 1 saturated heterocycles. The van der Waals surface area contributed by atoms with Crippen LogP contribution in [0, 0.1) is 5.82 Å². The molecule has 2 N–H and O–H groups in total. The molecule has 0 radical (unpaired) electrons. The Labute approximate surface area is 115 Å². The number of hydrogen-bond acceptors (Lipinski definition) is 2. The van der Waals surface area contributed by atoms with Crippen LogP contribution >= 0.6 is 0 Å². The monoisotopic (exact) mass is 264 g/mol. The molecule has 2 nitrogen and oxygen atoms in total. The first-order valence-corrected chi connectivity index (χ1v) is 7.45. The van der Waals surface area contributed by atoms with Crippen LogP contribution in [-0.2, 0) is 0 Å². The Morgan fingerprint density at radius 1 is 1.42 bits per heavy atom. The van der Waals surface area contributed by atoms with Crippen molar-refractivity contribution in [3.05, 3.63) is 35.6 Å². The van der Waals surface area contributed by atoms with Crippen LogP contribution in [0.1, 0.15) is 50.6 Å². The highest BCUT2D eigenvalue weighted by Gasteiger charge is 2.23. The van der Waals surface area contributed by atoms with Gasteiger partial charge >= 0.3 is 0 Å². The van der Waals surface area contributed by atoms with Crippen molar-refractivity contribution in [3.8, 4) is 0 Å². The molecule has 2 rings (SSSR count). The Bertz CT molecular complexity index is 392. The molecule has 0 amide bonds. The molecular formula is C16H25FN2. The number of benzene rings is 1. The van der Waals surface area contributed by atoms with E-state index in [0.29, 0.717) is 6.04 Å². The summed E-state index contributed by atoms with van der Waals surface area (Å²) in [6, 6.07) is 7.27. The van der Waals surface area contributed by atoms with Gasteiger partial charge in [0.1, 0.15) is 5.82 Å². The van der Waals surface area contributed by atoms with Crippen molar-refractivity contribution in [3.63, 3.8) is 0 Å². The van der Waals surface area contributed by atoms with Gasteiger partial charge in [0.25, 0.3) is 0 Å². The molecule has 2 unspecified atom stereocenters. The molecule has 3 heteroatoms. The van der Waals surface area contributed by atoms with Crippen molar-refractivity contribution < 1.29 is 4.39 Å². The van der Waals surface area contributed by atoms with Crippen molar-refractivity contribution in [2.24, 2.45) is 5.73 Å². The van der Waals surface area contributed by atoms with Crippen LogP contribution in [0.5, 0.6) is 0 Å². The smallest absolute Gasteiger partial charge is 0.123 e. The van der Waals surface area contributed by atoms with Crippen LogP contribution < -0.4 is 5.73 Å². The molecule has 106 valence electrons. The van der Waals surface area contributed by atoms with E-state index in [-0.39, 0.29) is 11.9 Å². The molecule has 0 aromatic heterocycles. The maximum absolute atomic E-state index is 13.2. The second-order valence-corrected chi connectivity index (χ2v) is 5.59. The third-order valence-electron chi connectivity index (χ3n) is 4.08. The van der Waals surface area contributed by atoms with Crippen molar-refractivity contribution in [1.29, 1.82) is 0 Å². The van der Waals surface area contributed by atoms with Gasteiger partial charge in [-0.15, -0.1) is 0 Å². The Balaban J connectivity index is 1.98. The molecule has 1 aromatic rings. The van der Waals surface area contributed by atoms with Crippen LogP contribution in [-0.4, -0.2) is 24.0 Å². The van der Waals surface area contributed by atoms with Crippen LogP contribution in [0.15, 0.2) is 24.3 Å². The SMILES string of the molecule is CCCC1CCCCN1CC(N)c1cccc(F)c1. The van der Waals surface area contributed by atoms with E-state index < -0.39 is 0 Å². The van der Waals surface area contributed by atoms with Crippen LogP contribution in [0.4, 0.5) is 4.39 Å². The van der Waals surface area contributed by atoms with E-state index in [2.05, 4.69) is 11.8 Å². The normalized spacial score (nSPS) is 22.4. The number of hydrogen-bond donors (Lipinski definition) is 1. The summed E-state index contributed by atoms with van der Waals surface area (Å²) in [5.74, 6) is -0.197. The van der Waals surface area contributed by atoms with Gasteiger partial charge in [0.05, 0.1) is 0 Å². The quantitative estimate of drug-likeness (QED) is 0.882. The second kappa shape index (κ2) is 7.01. The third-order valence-corrected chi connectivity index (χ3v) is 4.08. The minimum atomic E-state index is -0.197. The van der Waals surface area contributed by atoms with Crippen LogP contribution in [0.2, 0.25) is 0 Å². The summed E-state index contributed by atoms with van der Waals surface area (Å²) in [6.45, 7) is 4.21. The number of likely N-dealkylation sites (tertiary alicyclic amines) is 1. The zero-order valence-electron chi connectivity index (χ0n) is 11.8. The third kappa shape index (κ3) is 4.02. The maximum atomic E-state index is 13.2. The lowest BCUT2D eigenvalue weighted by Gasteiger charge is -2.37. The summed E-state index contributed by atoms with van der Waals surface area (Å²) in [5.41, 5.74) is 7.15. The van der Waals surface area contributed by atoms with Crippen molar-refractivity contribution in [2.75, 3.05) is 13.1 Å². The zero-order chi connectivity index (χ0) is 13.7. The van der Waals surface area contributed by atoms with Crippen molar-refractivity contribution >= 4 is 0 Å². The Hall–Kier alpha value is -0.930. The lowest BCUT2D eigenvalue weighted by molar-refractivity contribution is 0.131. The minimum absolute atomic E-state index is 0.0897. The van der Waals surface area contributed by atoms with E-state index in [0.717, 1.165) is 18.7 Å². The van der Waals surface area contributed by atoms with Crippen molar-refractivity contribution in [1.82, 2.24) is 4.90 Å². The van der Waals surface area contributed by atoms with Gasteiger partial charge in [-0.05, 0) is 43.5 Å². The second-order valence-electron chi connectivity index (χ2n) is 5.59. The van der Waals surface area contributed by atoms with Gasteiger partial charge in [-0.25, -0.2) is 4.39 Å². The largest absolute Gasteiger partial charge is 0.323 e. The average Bonchev–Trinajstić information content (AvgIpc) is 2.41. The van der Waals surface area contributed by atoms with Gasteiger partial charge < -0.3 is 5.73 Å². The molecule has 0 saturated carbocycles. The molecule has 1 aliphatic heterocycles. The van der Waals surface area contributed by atoms with Crippen molar-refractivity contribution in [2.45, 2.75) is 51.1 Å². The molecule has 2 atom stereocenters. The zero-order valence-corrected chi connectivity index (χ0v) is 11.8. The van der Waals surface area contributed by atoms with Gasteiger partial charge in [0, 0.05) is 18.6 Å². The molecule has 1 aliphatic rings. The molecule has 1 aromatic carbocycles. The molecule has 1 heterocycles. The fraction of sp³-hybridized carbons (Fsp3) is 0.625. The highest BCUT2D eigenvalue weighted by Crippen LogP contribution is 2.23. The number of halogens is 1. The highest BCUT2D eigenvalue weighted by atomic mass is 19.1. The summed E-state index contributed by atoms with van der Waals surface area (Å²) < 4.78 is 13.2. The summed E-state index contributed by atoms with van der Waals surface area (Å²) in [7, 11) is 0. The van der Waals surface area contributed by atoms with E-state index in [4.69, 9.17) is 5.73 Å². The van der Waals surface area contributed by atoms with Gasteiger partial charge in [-0.1, -0.05) is 31.9 Å². The van der Waals surface area contributed by atoms with Gasteiger partial charge in [-0.3, -0.25) is 4.90 Å². The molecular weight excluding hydrogens is 239 g/mol. The Morgan fingerprint density at radius 2 is 2.26 bits per heavy atom. The molecule has 19 heavy (non-hydrogen) atoms. The molecule has 1 fully saturated rings. The summed E-state index contributed by atoms with van der Waals surface area (Å²) in [6.07, 6.45) is 6.34. The van der Waals surface area contributed by atoms with Gasteiger partial charge in [-0.2, -0.15) is 0 Å². The molecule has 0 aliphatic carbocycles. The van der Waals surface area contributed by atoms with Crippen LogP contribution in [0.25, 0.3) is 0 Å². The van der Waals surface area contributed by atoms with E-state index in [9.17, 15) is 4.39 Å². The number of piperidine rings is 1. The number of nitrogens with zero attached hydrogens (tertiary/aromatic N) is 1. The van der Waals surface area contributed by atoms with E-state index in [1.165, 1.54) is 38.2 Å². The van der Waals surface area contributed by atoms with E-state index in [1.54, 1.807) is 12.1 Å². The van der Waals surface area contributed by atoms with Crippen LogP contribution in [0.3, 0.4) is 0 Å². The molecule has 0 spiro atoms. The predicted molar refractivity (Wildman–Crippen MR) is 77.4 cm³/mol. The molecule has 0 bridgehead atoms. The first-order valence-electron chi connectivity index (χ1n) is 7.45. The summed E-state index contributed by atoms with van der Waals surface area (Å²) in [5, 5.41) is 0. The fourth-order valence-corrected chi connectivity index (χ4v) is 3.06. The maximum Gasteiger partial charge on any atom is 0.123 e. The Morgan fingerprint density at radius 3 is 3.00 bits per heavy atom. The lowest BCUT2D eigenvalue weighted by Crippen LogP contribution is -2.43. The van der Waals surface area contributed by atoms with E-state index >= 15 is 0 Å². The highest BCUT2D eigenvalue weighted by molar-refractivity contribution is 5.20. The minimum Gasteiger partial charge on any atom is -0.323 e. The predicted octanol–water partition coefficient (Wildman–Crippen LogP) is 3.48.